The van der Waals surface area contributed by atoms with Crippen molar-refractivity contribution in [2.45, 2.75) is 32.4 Å². The summed E-state index contributed by atoms with van der Waals surface area (Å²) in [5.41, 5.74) is 2.44. The van der Waals surface area contributed by atoms with Gasteiger partial charge in [-0.1, -0.05) is 29.8 Å². The summed E-state index contributed by atoms with van der Waals surface area (Å²) in [5, 5.41) is 3.33. The van der Waals surface area contributed by atoms with Crippen LogP contribution in [0, 0.1) is 6.92 Å². The Morgan fingerprint density at radius 1 is 1.14 bits per heavy atom. The fourth-order valence-electron chi connectivity index (χ4n) is 3.31. The molecule has 0 radical (unpaired) electrons. The molecule has 2 aliphatic heterocycles. The van der Waals surface area contributed by atoms with E-state index in [1.165, 1.54) is 37.1 Å². The first-order chi connectivity index (χ1) is 10.2. The van der Waals surface area contributed by atoms with Gasteiger partial charge in [0.25, 0.3) is 0 Å². The minimum absolute atomic E-state index is 0.0525. The van der Waals surface area contributed by atoms with Crippen LogP contribution >= 0.6 is 0 Å². The highest BCUT2D eigenvalue weighted by atomic mass is 16.2. The van der Waals surface area contributed by atoms with Gasteiger partial charge in [0, 0.05) is 6.54 Å². The van der Waals surface area contributed by atoms with Gasteiger partial charge in [0.2, 0.25) is 5.91 Å². The van der Waals surface area contributed by atoms with Crippen molar-refractivity contribution in [2.24, 2.45) is 0 Å². The number of nitrogens with zero attached hydrogens (tertiary/aromatic N) is 2. The summed E-state index contributed by atoms with van der Waals surface area (Å²) in [5.74, 6) is 0.224. The molecule has 2 saturated heterocycles. The van der Waals surface area contributed by atoms with E-state index in [-0.39, 0.29) is 12.1 Å². The second-order valence-electron chi connectivity index (χ2n) is 6.18. The van der Waals surface area contributed by atoms with Gasteiger partial charge in [-0.2, -0.15) is 0 Å². The molecule has 2 aliphatic rings. The lowest BCUT2D eigenvalue weighted by molar-refractivity contribution is -0.128. The van der Waals surface area contributed by atoms with Crippen molar-refractivity contribution in [1.82, 2.24) is 15.1 Å². The Kier molecular flexibility index (Phi) is 4.56. The number of aryl methyl sites for hydroxylation is 1. The molecule has 0 aliphatic carbocycles. The van der Waals surface area contributed by atoms with E-state index < -0.39 is 0 Å². The van der Waals surface area contributed by atoms with Gasteiger partial charge in [-0.05, 0) is 51.4 Å². The zero-order valence-electron chi connectivity index (χ0n) is 12.8. The fraction of sp³-hybridized carbons (Fsp3) is 0.588. The van der Waals surface area contributed by atoms with Gasteiger partial charge in [-0.25, -0.2) is 0 Å². The van der Waals surface area contributed by atoms with Crippen LogP contribution < -0.4 is 5.32 Å². The Labute approximate surface area is 127 Å². The van der Waals surface area contributed by atoms with Crippen molar-refractivity contribution in [2.75, 3.05) is 32.7 Å². The maximum atomic E-state index is 12.1. The highest BCUT2D eigenvalue weighted by molar-refractivity contribution is 5.80. The lowest BCUT2D eigenvalue weighted by Gasteiger charge is -2.26. The summed E-state index contributed by atoms with van der Waals surface area (Å²) in [6.07, 6.45) is 3.78. The van der Waals surface area contributed by atoms with Crippen LogP contribution in [0.25, 0.3) is 0 Å². The van der Waals surface area contributed by atoms with E-state index >= 15 is 0 Å². The highest BCUT2D eigenvalue weighted by Crippen LogP contribution is 2.23. The van der Waals surface area contributed by atoms with Gasteiger partial charge < -0.3 is 9.80 Å². The summed E-state index contributed by atoms with van der Waals surface area (Å²) >= 11 is 0. The van der Waals surface area contributed by atoms with Gasteiger partial charge in [-0.15, -0.1) is 0 Å². The normalized spacial score (nSPS) is 23.2. The van der Waals surface area contributed by atoms with E-state index in [1.54, 1.807) is 0 Å². The van der Waals surface area contributed by atoms with Crippen LogP contribution in [0.3, 0.4) is 0 Å². The Bertz CT molecular complexity index is 479. The molecular weight excluding hydrogens is 262 g/mol. The van der Waals surface area contributed by atoms with Crippen LogP contribution in [0.1, 0.15) is 36.6 Å². The monoisotopic (exact) mass is 287 g/mol. The van der Waals surface area contributed by atoms with Crippen LogP contribution in [0.5, 0.6) is 0 Å². The van der Waals surface area contributed by atoms with Gasteiger partial charge in [-0.3, -0.25) is 10.1 Å². The average Bonchev–Trinajstić information content (AvgIpc) is 3.11. The third kappa shape index (κ3) is 3.44. The molecular formula is C17H25N3O. The second kappa shape index (κ2) is 6.58. The predicted octanol–water partition coefficient (Wildman–Crippen LogP) is 1.91. The van der Waals surface area contributed by atoms with Crippen LogP contribution in [-0.2, 0) is 4.79 Å². The number of benzene rings is 1. The molecule has 1 N–H and O–H groups in total. The third-order valence-corrected chi connectivity index (χ3v) is 4.54. The largest absolute Gasteiger partial charge is 0.322 e. The number of nitrogens with one attached hydrogen (secondary N) is 1. The number of hydrogen-bond donors (Lipinski definition) is 1. The van der Waals surface area contributed by atoms with Crippen molar-refractivity contribution >= 4 is 5.91 Å². The van der Waals surface area contributed by atoms with Gasteiger partial charge in [0.05, 0.1) is 6.54 Å². The minimum atomic E-state index is 0.0525. The third-order valence-electron chi connectivity index (χ3n) is 4.54. The number of likely N-dealkylation sites (tertiary alicyclic amines) is 1. The summed E-state index contributed by atoms with van der Waals surface area (Å²) in [4.78, 5) is 16.6. The molecule has 1 amide bonds. The maximum absolute atomic E-state index is 12.1. The summed E-state index contributed by atoms with van der Waals surface area (Å²) in [6, 6.07) is 8.47. The molecule has 0 spiro atoms. The smallest absolute Gasteiger partial charge is 0.238 e. The van der Waals surface area contributed by atoms with E-state index in [0.29, 0.717) is 6.54 Å². The van der Waals surface area contributed by atoms with Crippen molar-refractivity contribution in [3.63, 3.8) is 0 Å². The summed E-state index contributed by atoms with van der Waals surface area (Å²) < 4.78 is 0. The Balaban J connectivity index is 1.58. The standard InChI is InChI=1S/C17H25N3O/c1-14-5-7-15(8-6-14)17-18-13-16(21)20(17)12-4-11-19-9-2-3-10-19/h5-8,17-18H,2-4,9-13H2,1H3. The molecule has 1 atom stereocenters. The first-order valence-electron chi connectivity index (χ1n) is 8.06. The first-order valence-corrected chi connectivity index (χ1v) is 8.06. The Morgan fingerprint density at radius 3 is 2.57 bits per heavy atom. The maximum Gasteiger partial charge on any atom is 0.238 e. The van der Waals surface area contributed by atoms with E-state index in [2.05, 4.69) is 41.4 Å². The Morgan fingerprint density at radius 2 is 1.86 bits per heavy atom. The van der Waals surface area contributed by atoms with Gasteiger partial charge in [0.15, 0.2) is 0 Å². The van der Waals surface area contributed by atoms with E-state index in [1.807, 2.05) is 4.90 Å². The fourth-order valence-corrected chi connectivity index (χ4v) is 3.31. The highest BCUT2D eigenvalue weighted by Gasteiger charge is 2.31. The van der Waals surface area contributed by atoms with Crippen LogP contribution in [0.2, 0.25) is 0 Å². The molecule has 21 heavy (non-hydrogen) atoms. The van der Waals surface area contributed by atoms with Gasteiger partial charge in [0.1, 0.15) is 6.17 Å². The van der Waals surface area contributed by atoms with Crippen molar-refractivity contribution in [3.8, 4) is 0 Å². The van der Waals surface area contributed by atoms with Crippen LogP contribution in [-0.4, -0.2) is 48.4 Å². The molecule has 4 nitrogen and oxygen atoms in total. The molecule has 1 unspecified atom stereocenters. The molecule has 2 fully saturated rings. The predicted molar refractivity (Wildman–Crippen MR) is 83.9 cm³/mol. The van der Waals surface area contributed by atoms with Crippen LogP contribution in [0.4, 0.5) is 0 Å². The zero-order valence-corrected chi connectivity index (χ0v) is 12.8. The lowest BCUT2D eigenvalue weighted by atomic mass is 10.1. The minimum Gasteiger partial charge on any atom is -0.322 e. The van der Waals surface area contributed by atoms with Crippen molar-refractivity contribution < 1.29 is 4.79 Å². The second-order valence-corrected chi connectivity index (χ2v) is 6.18. The molecule has 0 saturated carbocycles. The number of carbonyl (C=O) groups excluding carboxylic acids is 1. The molecule has 0 aromatic heterocycles. The topological polar surface area (TPSA) is 35.6 Å². The lowest BCUT2D eigenvalue weighted by Crippen LogP contribution is -2.33. The first kappa shape index (κ1) is 14.5. The number of amides is 1. The summed E-state index contributed by atoms with van der Waals surface area (Å²) in [6.45, 7) is 6.97. The molecule has 1 aromatic rings. The molecule has 3 rings (SSSR count). The molecule has 0 bridgehead atoms. The average molecular weight is 287 g/mol. The molecule has 1 aromatic carbocycles. The number of carbonyl (C=O) groups is 1. The van der Waals surface area contributed by atoms with Gasteiger partial charge >= 0.3 is 0 Å². The molecule has 2 heterocycles. The number of hydrogen-bond acceptors (Lipinski definition) is 3. The van der Waals surface area contributed by atoms with Crippen LogP contribution in [0.15, 0.2) is 24.3 Å². The number of rotatable bonds is 5. The molecule has 114 valence electrons. The van der Waals surface area contributed by atoms with E-state index in [4.69, 9.17) is 0 Å². The molecule has 4 heteroatoms. The van der Waals surface area contributed by atoms with Crippen molar-refractivity contribution in [1.29, 1.82) is 0 Å². The quantitative estimate of drug-likeness (QED) is 0.898. The summed E-state index contributed by atoms with van der Waals surface area (Å²) in [7, 11) is 0. The van der Waals surface area contributed by atoms with E-state index in [9.17, 15) is 4.79 Å². The Hall–Kier alpha value is -1.39. The zero-order chi connectivity index (χ0) is 14.7. The SMILES string of the molecule is Cc1ccc(C2NCC(=O)N2CCCN2CCCC2)cc1. The van der Waals surface area contributed by atoms with E-state index in [0.717, 1.165) is 19.5 Å². The van der Waals surface area contributed by atoms with Crippen molar-refractivity contribution in [3.05, 3.63) is 35.4 Å².